The molecule has 142 valence electrons. The van der Waals surface area contributed by atoms with Crippen molar-refractivity contribution in [1.29, 1.82) is 0 Å². The van der Waals surface area contributed by atoms with E-state index in [1.807, 2.05) is 6.92 Å². The number of benzene rings is 1. The summed E-state index contributed by atoms with van der Waals surface area (Å²) in [6.07, 6.45) is 1.97. The molecule has 1 aromatic rings. The number of nitro groups is 1. The Labute approximate surface area is 153 Å². The van der Waals surface area contributed by atoms with Gasteiger partial charge >= 0.3 is 0 Å². The molecule has 8 heteroatoms. The van der Waals surface area contributed by atoms with Crippen molar-refractivity contribution in [3.05, 3.63) is 33.9 Å². The number of carbonyl (C=O) groups is 1. The average Bonchev–Trinajstić information content (AvgIpc) is 3.41. The molecule has 2 N–H and O–H groups in total. The van der Waals surface area contributed by atoms with Gasteiger partial charge in [0.05, 0.1) is 4.92 Å². The van der Waals surface area contributed by atoms with Gasteiger partial charge in [0.25, 0.3) is 11.6 Å². The zero-order chi connectivity index (χ0) is 18.7. The van der Waals surface area contributed by atoms with Crippen LogP contribution in [-0.4, -0.2) is 72.5 Å². The van der Waals surface area contributed by atoms with E-state index in [4.69, 9.17) is 0 Å². The molecule has 3 rings (SSSR count). The summed E-state index contributed by atoms with van der Waals surface area (Å²) < 4.78 is 0. The maximum absolute atomic E-state index is 12.1. The molecule has 1 aliphatic carbocycles. The van der Waals surface area contributed by atoms with Gasteiger partial charge in [-0.15, -0.1) is 0 Å². The van der Waals surface area contributed by atoms with E-state index >= 15 is 0 Å². The quantitative estimate of drug-likeness (QED) is 0.565. The molecule has 1 heterocycles. The normalized spacial score (nSPS) is 19.8. The smallest absolute Gasteiger partial charge is 0.293 e. The van der Waals surface area contributed by atoms with Gasteiger partial charge in [-0.2, -0.15) is 0 Å². The molecule has 0 bridgehead atoms. The van der Waals surface area contributed by atoms with Crippen LogP contribution in [0.4, 0.5) is 11.4 Å². The van der Waals surface area contributed by atoms with Crippen molar-refractivity contribution < 1.29 is 9.72 Å². The molecular formula is C18H27N5O3. The number of nitrogens with zero attached hydrogens (tertiary/aromatic N) is 3. The van der Waals surface area contributed by atoms with Crippen molar-refractivity contribution in [3.8, 4) is 0 Å². The van der Waals surface area contributed by atoms with E-state index in [-0.39, 0.29) is 23.7 Å². The summed E-state index contributed by atoms with van der Waals surface area (Å²) in [7, 11) is 2.11. The maximum Gasteiger partial charge on any atom is 0.293 e. The predicted molar refractivity (Wildman–Crippen MR) is 101 cm³/mol. The number of anilines is 1. The van der Waals surface area contributed by atoms with Gasteiger partial charge in [0.15, 0.2) is 0 Å². The number of hydrogen-bond donors (Lipinski definition) is 2. The number of piperazine rings is 1. The van der Waals surface area contributed by atoms with Crippen LogP contribution in [0.25, 0.3) is 0 Å². The molecule has 1 aromatic carbocycles. The highest BCUT2D eigenvalue weighted by Crippen LogP contribution is 2.27. The lowest BCUT2D eigenvalue weighted by molar-refractivity contribution is -0.384. The van der Waals surface area contributed by atoms with Gasteiger partial charge in [-0.05, 0) is 38.9 Å². The fourth-order valence-electron chi connectivity index (χ4n) is 3.17. The van der Waals surface area contributed by atoms with E-state index in [0.717, 1.165) is 45.6 Å². The molecule has 1 atom stereocenters. The summed E-state index contributed by atoms with van der Waals surface area (Å²) in [4.78, 5) is 27.8. The van der Waals surface area contributed by atoms with E-state index in [9.17, 15) is 14.9 Å². The van der Waals surface area contributed by atoms with E-state index in [2.05, 4.69) is 27.5 Å². The summed E-state index contributed by atoms with van der Waals surface area (Å²) in [5, 5.41) is 17.6. The summed E-state index contributed by atoms with van der Waals surface area (Å²) in [5.41, 5.74) is 0.735. The van der Waals surface area contributed by atoms with Crippen molar-refractivity contribution in [2.45, 2.75) is 31.8 Å². The Bertz CT molecular complexity index is 669. The van der Waals surface area contributed by atoms with Crippen LogP contribution in [0, 0.1) is 10.1 Å². The summed E-state index contributed by atoms with van der Waals surface area (Å²) >= 11 is 0. The van der Waals surface area contributed by atoms with E-state index in [0.29, 0.717) is 11.3 Å². The third-order valence-electron chi connectivity index (χ3n) is 4.90. The maximum atomic E-state index is 12.1. The number of carbonyl (C=O) groups excluding carboxylic acids is 1. The first-order chi connectivity index (χ1) is 12.4. The fraction of sp³-hybridized carbons (Fsp3) is 0.611. The van der Waals surface area contributed by atoms with E-state index < -0.39 is 4.92 Å². The molecule has 1 saturated heterocycles. The SMILES string of the molecule is CC(CN1CCN(C)CC1)Nc1ccc(C(=O)NC2CC2)cc1[N+](=O)[O-]. The molecule has 0 radical (unpaired) electrons. The highest BCUT2D eigenvalue weighted by Gasteiger charge is 2.25. The lowest BCUT2D eigenvalue weighted by Gasteiger charge is -2.34. The summed E-state index contributed by atoms with van der Waals surface area (Å²) in [6.45, 7) is 6.94. The Balaban J connectivity index is 1.64. The van der Waals surface area contributed by atoms with Crippen LogP contribution in [0.1, 0.15) is 30.1 Å². The summed E-state index contributed by atoms with van der Waals surface area (Å²) in [5.74, 6) is -0.243. The predicted octanol–water partition coefficient (Wildman–Crippen LogP) is 1.53. The Morgan fingerprint density at radius 2 is 2.00 bits per heavy atom. The average molecular weight is 361 g/mol. The van der Waals surface area contributed by atoms with Crippen LogP contribution in [0.2, 0.25) is 0 Å². The number of nitro benzene ring substituents is 1. The second-order valence-electron chi connectivity index (χ2n) is 7.39. The van der Waals surface area contributed by atoms with Gasteiger partial charge < -0.3 is 15.5 Å². The van der Waals surface area contributed by atoms with Gasteiger partial charge in [-0.3, -0.25) is 19.8 Å². The lowest BCUT2D eigenvalue weighted by Crippen LogP contribution is -2.47. The third kappa shape index (κ3) is 4.92. The molecule has 2 aliphatic rings. The van der Waals surface area contributed by atoms with Gasteiger partial charge in [0, 0.05) is 56.4 Å². The van der Waals surface area contributed by atoms with Crippen molar-refractivity contribution in [3.63, 3.8) is 0 Å². The number of likely N-dealkylation sites (N-methyl/N-ethyl adjacent to an activating group) is 1. The third-order valence-corrected chi connectivity index (χ3v) is 4.90. The monoisotopic (exact) mass is 361 g/mol. The number of amides is 1. The molecule has 8 nitrogen and oxygen atoms in total. The van der Waals surface area contributed by atoms with Crippen molar-refractivity contribution >= 4 is 17.3 Å². The second-order valence-corrected chi connectivity index (χ2v) is 7.39. The molecule has 0 aromatic heterocycles. The van der Waals surface area contributed by atoms with Gasteiger partial charge in [-0.1, -0.05) is 0 Å². The van der Waals surface area contributed by atoms with Crippen molar-refractivity contribution in [1.82, 2.24) is 15.1 Å². The zero-order valence-corrected chi connectivity index (χ0v) is 15.4. The van der Waals surface area contributed by atoms with Crippen LogP contribution in [0.3, 0.4) is 0 Å². The molecular weight excluding hydrogens is 334 g/mol. The van der Waals surface area contributed by atoms with Gasteiger partial charge in [0.1, 0.15) is 5.69 Å². The van der Waals surface area contributed by atoms with Crippen LogP contribution < -0.4 is 10.6 Å². The largest absolute Gasteiger partial charge is 0.376 e. The van der Waals surface area contributed by atoms with Crippen molar-refractivity contribution in [2.24, 2.45) is 0 Å². The molecule has 2 fully saturated rings. The Morgan fingerprint density at radius 1 is 1.31 bits per heavy atom. The van der Waals surface area contributed by atoms with Crippen LogP contribution >= 0.6 is 0 Å². The first-order valence-electron chi connectivity index (χ1n) is 9.19. The van der Waals surface area contributed by atoms with Crippen LogP contribution in [0.5, 0.6) is 0 Å². The first-order valence-corrected chi connectivity index (χ1v) is 9.19. The first kappa shape index (κ1) is 18.6. The van der Waals surface area contributed by atoms with Crippen LogP contribution in [0.15, 0.2) is 18.2 Å². The minimum atomic E-state index is -0.432. The zero-order valence-electron chi connectivity index (χ0n) is 15.4. The van der Waals surface area contributed by atoms with Crippen LogP contribution in [-0.2, 0) is 0 Å². The van der Waals surface area contributed by atoms with E-state index in [1.165, 1.54) is 6.07 Å². The Hall–Kier alpha value is -2.19. The summed E-state index contributed by atoms with van der Waals surface area (Å²) in [6, 6.07) is 4.95. The minimum Gasteiger partial charge on any atom is -0.376 e. The number of hydrogen-bond acceptors (Lipinski definition) is 6. The lowest BCUT2D eigenvalue weighted by atomic mass is 10.1. The molecule has 1 unspecified atom stereocenters. The molecule has 1 amide bonds. The highest BCUT2D eigenvalue weighted by molar-refractivity contribution is 5.96. The number of rotatable bonds is 7. The molecule has 1 aliphatic heterocycles. The Kier molecular flexibility index (Phi) is 5.73. The molecule has 0 spiro atoms. The standard InChI is InChI=1S/C18H27N5O3/c1-13(12-22-9-7-21(2)8-10-22)19-16-6-3-14(11-17(16)23(25)26)18(24)20-15-4-5-15/h3,6,11,13,15,19H,4-5,7-10,12H2,1-2H3,(H,20,24). The van der Waals surface area contributed by atoms with Gasteiger partial charge in [-0.25, -0.2) is 0 Å². The van der Waals surface area contributed by atoms with Crippen molar-refractivity contribution in [2.75, 3.05) is 45.1 Å². The minimum absolute atomic E-state index is 0.0568. The highest BCUT2D eigenvalue weighted by atomic mass is 16.6. The topological polar surface area (TPSA) is 90.8 Å². The molecule has 1 saturated carbocycles. The second kappa shape index (κ2) is 8.01. The number of nitrogens with one attached hydrogen (secondary N) is 2. The fourth-order valence-corrected chi connectivity index (χ4v) is 3.17. The molecule has 26 heavy (non-hydrogen) atoms. The Morgan fingerprint density at radius 3 is 2.62 bits per heavy atom. The van der Waals surface area contributed by atoms with E-state index in [1.54, 1.807) is 12.1 Å². The van der Waals surface area contributed by atoms with Gasteiger partial charge in [0.2, 0.25) is 0 Å².